The number of hydrogen-bond acceptors (Lipinski definition) is 2. The average Bonchev–Trinajstić information content (AvgIpc) is 3.23. The van der Waals surface area contributed by atoms with Gasteiger partial charge in [-0.1, -0.05) is 54.6 Å². The number of amides is 1. The third kappa shape index (κ3) is 4.17. The van der Waals surface area contributed by atoms with Gasteiger partial charge in [0.2, 0.25) is 0 Å². The van der Waals surface area contributed by atoms with E-state index >= 15 is 0 Å². The Morgan fingerprint density at radius 3 is 2.28 bits per heavy atom. The van der Waals surface area contributed by atoms with Crippen LogP contribution in [0.25, 0.3) is 11.1 Å². The summed E-state index contributed by atoms with van der Waals surface area (Å²) in [5.74, 6) is 0.520. The number of carbonyl (C=O) groups excluding carboxylic acids is 1. The highest BCUT2D eigenvalue weighted by Crippen LogP contribution is 2.40. The summed E-state index contributed by atoms with van der Waals surface area (Å²) in [6.07, 6.45) is -4.40. The van der Waals surface area contributed by atoms with Crippen LogP contribution in [0.1, 0.15) is 26.9 Å². The van der Waals surface area contributed by atoms with Gasteiger partial charge in [-0.05, 0) is 41.0 Å². The molecule has 3 aromatic carbocycles. The molecule has 2 nitrogen and oxygen atoms in total. The van der Waals surface area contributed by atoms with E-state index < -0.39 is 17.1 Å². The van der Waals surface area contributed by atoms with Crippen LogP contribution >= 0.6 is 11.8 Å². The molecule has 29 heavy (non-hydrogen) atoms. The Bertz CT molecular complexity index is 1000. The van der Waals surface area contributed by atoms with Gasteiger partial charge in [-0.2, -0.15) is 13.2 Å². The lowest BCUT2D eigenvalue weighted by atomic mass is 10.0. The van der Waals surface area contributed by atoms with Crippen LogP contribution in [0, 0.1) is 0 Å². The first-order valence-electron chi connectivity index (χ1n) is 9.19. The molecule has 0 saturated carbocycles. The number of benzene rings is 3. The molecule has 1 aliphatic heterocycles. The molecular weight excluding hydrogens is 395 g/mol. The Morgan fingerprint density at radius 1 is 0.897 bits per heavy atom. The maximum absolute atomic E-state index is 13.1. The molecule has 0 unspecified atom stereocenters. The summed E-state index contributed by atoms with van der Waals surface area (Å²) in [6.45, 7) is 0.505. The minimum absolute atomic E-state index is 0.169. The molecule has 0 N–H and O–H groups in total. The molecule has 1 heterocycles. The lowest BCUT2D eigenvalue weighted by molar-refractivity contribution is -0.137. The maximum Gasteiger partial charge on any atom is 0.416 e. The Kier molecular flexibility index (Phi) is 5.37. The molecule has 0 aromatic heterocycles. The van der Waals surface area contributed by atoms with Gasteiger partial charge < -0.3 is 4.90 Å². The van der Waals surface area contributed by atoms with Crippen molar-refractivity contribution in [2.75, 3.05) is 12.3 Å². The summed E-state index contributed by atoms with van der Waals surface area (Å²) in [5, 5.41) is -0.418. The number of alkyl halides is 3. The van der Waals surface area contributed by atoms with Crippen molar-refractivity contribution in [3.8, 4) is 11.1 Å². The number of carbonyl (C=O) groups is 1. The minimum atomic E-state index is -4.40. The lowest BCUT2D eigenvalue weighted by Gasteiger charge is -2.25. The highest BCUT2D eigenvalue weighted by Gasteiger charge is 2.34. The fourth-order valence-corrected chi connectivity index (χ4v) is 4.67. The molecule has 0 spiro atoms. The molecule has 3 aromatic rings. The fourth-order valence-electron chi connectivity index (χ4n) is 3.42. The highest BCUT2D eigenvalue weighted by molar-refractivity contribution is 7.99. The van der Waals surface area contributed by atoms with Crippen LogP contribution in [0.5, 0.6) is 0 Å². The third-order valence-electron chi connectivity index (χ3n) is 4.89. The first-order chi connectivity index (χ1) is 13.9. The molecule has 1 aliphatic rings. The van der Waals surface area contributed by atoms with Gasteiger partial charge in [-0.3, -0.25) is 4.79 Å². The van der Waals surface area contributed by atoms with Crippen molar-refractivity contribution in [3.63, 3.8) is 0 Å². The van der Waals surface area contributed by atoms with E-state index in [2.05, 4.69) is 0 Å². The third-order valence-corrected chi connectivity index (χ3v) is 6.15. The molecule has 0 bridgehead atoms. The number of halogens is 3. The van der Waals surface area contributed by atoms with Gasteiger partial charge in [-0.25, -0.2) is 0 Å². The molecule has 1 saturated heterocycles. The number of nitrogens with zero attached hydrogens (tertiary/aromatic N) is 1. The van der Waals surface area contributed by atoms with E-state index in [1.54, 1.807) is 23.1 Å². The van der Waals surface area contributed by atoms with E-state index in [1.165, 1.54) is 17.8 Å². The Labute approximate surface area is 171 Å². The zero-order chi connectivity index (χ0) is 20.4. The molecule has 0 aliphatic carbocycles. The summed E-state index contributed by atoms with van der Waals surface area (Å²) in [6, 6.07) is 22.4. The Morgan fingerprint density at radius 2 is 1.59 bits per heavy atom. The molecule has 1 amide bonds. The topological polar surface area (TPSA) is 20.3 Å². The van der Waals surface area contributed by atoms with E-state index in [4.69, 9.17) is 0 Å². The molecule has 0 radical (unpaired) electrons. The number of thioether (sulfide) groups is 1. The smallest absolute Gasteiger partial charge is 0.322 e. The van der Waals surface area contributed by atoms with Crippen molar-refractivity contribution < 1.29 is 18.0 Å². The molecule has 148 valence electrons. The van der Waals surface area contributed by atoms with Crippen LogP contribution in [0.15, 0.2) is 78.9 Å². The van der Waals surface area contributed by atoms with Gasteiger partial charge in [0.05, 0.1) is 5.56 Å². The van der Waals surface area contributed by atoms with Crippen LogP contribution in [-0.2, 0) is 6.18 Å². The normalized spacial score (nSPS) is 16.8. The summed E-state index contributed by atoms with van der Waals surface area (Å²) in [5.41, 5.74) is 2.40. The van der Waals surface area contributed by atoms with Crippen molar-refractivity contribution in [1.29, 1.82) is 0 Å². The van der Waals surface area contributed by atoms with Crippen LogP contribution in [0.4, 0.5) is 13.2 Å². The van der Waals surface area contributed by atoms with Gasteiger partial charge in [0.25, 0.3) is 5.91 Å². The highest BCUT2D eigenvalue weighted by atomic mass is 32.2. The van der Waals surface area contributed by atoms with Crippen LogP contribution in [-0.4, -0.2) is 23.1 Å². The predicted octanol–water partition coefficient (Wildman–Crippen LogP) is 6.26. The van der Waals surface area contributed by atoms with E-state index in [0.29, 0.717) is 23.4 Å². The van der Waals surface area contributed by atoms with Gasteiger partial charge in [0.15, 0.2) is 0 Å². The van der Waals surface area contributed by atoms with Crippen molar-refractivity contribution in [3.05, 3.63) is 95.6 Å². The molecule has 4 rings (SSSR count). The van der Waals surface area contributed by atoms with Crippen molar-refractivity contribution in [1.82, 2.24) is 4.90 Å². The molecule has 1 atom stereocenters. The summed E-state index contributed by atoms with van der Waals surface area (Å²) in [4.78, 5) is 14.7. The Hall–Kier alpha value is -2.73. The second-order valence-electron chi connectivity index (χ2n) is 6.79. The second kappa shape index (κ2) is 7.95. The summed E-state index contributed by atoms with van der Waals surface area (Å²) < 4.78 is 39.2. The van der Waals surface area contributed by atoms with Crippen LogP contribution in [0.2, 0.25) is 0 Å². The Balaban J connectivity index is 1.57. The monoisotopic (exact) mass is 413 g/mol. The largest absolute Gasteiger partial charge is 0.416 e. The first-order valence-corrected chi connectivity index (χ1v) is 10.2. The van der Waals surface area contributed by atoms with E-state index in [-0.39, 0.29) is 5.91 Å². The second-order valence-corrected chi connectivity index (χ2v) is 7.98. The van der Waals surface area contributed by atoms with E-state index in [9.17, 15) is 18.0 Å². The van der Waals surface area contributed by atoms with Crippen molar-refractivity contribution >= 4 is 17.7 Å². The number of rotatable bonds is 3. The first kappa shape index (κ1) is 19.6. The van der Waals surface area contributed by atoms with Gasteiger partial charge in [0.1, 0.15) is 5.37 Å². The zero-order valence-electron chi connectivity index (χ0n) is 15.4. The average molecular weight is 413 g/mol. The maximum atomic E-state index is 13.1. The quantitative estimate of drug-likeness (QED) is 0.505. The lowest BCUT2D eigenvalue weighted by Crippen LogP contribution is -2.30. The molecule has 6 heteroatoms. The van der Waals surface area contributed by atoms with Crippen LogP contribution < -0.4 is 0 Å². The van der Waals surface area contributed by atoms with Gasteiger partial charge in [-0.15, -0.1) is 11.8 Å². The fraction of sp³-hybridized carbons (Fsp3) is 0.174. The minimum Gasteiger partial charge on any atom is -0.322 e. The molecular formula is C23H18F3NOS. The van der Waals surface area contributed by atoms with Crippen LogP contribution in [0.3, 0.4) is 0 Å². The number of hydrogen-bond donors (Lipinski definition) is 0. The zero-order valence-corrected chi connectivity index (χ0v) is 16.2. The SMILES string of the molecule is O=C(c1ccc(-c2ccccc2)cc1)N1CCS[C@H]1c1cccc(C(F)(F)F)c1. The standard InChI is InChI=1S/C23H18F3NOS/c24-23(25,26)20-8-4-7-19(15-20)22-27(13-14-29-22)21(28)18-11-9-17(10-12-18)16-5-2-1-3-6-16/h1-12,15,22H,13-14H2/t22-/m0/s1. The van der Waals surface area contributed by atoms with Crippen molar-refractivity contribution in [2.45, 2.75) is 11.6 Å². The van der Waals surface area contributed by atoms with Crippen molar-refractivity contribution in [2.24, 2.45) is 0 Å². The van der Waals surface area contributed by atoms with Gasteiger partial charge >= 0.3 is 6.18 Å². The van der Waals surface area contributed by atoms with Gasteiger partial charge in [0, 0.05) is 17.9 Å². The van der Waals surface area contributed by atoms with E-state index in [1.807, 2.05) is 42.5 Å². The molecule has 1 fully saturated rings. The van der Waals surface area contributed by atoms with E-state index in [0.717, 1.165) is 23.3 Å². The summed E-state index contributed by atoms with van der Waals surface area (Å²) in [7, 11) is 0. The summed E-state index contributed by atoms with van der Waals surface area (Å²) >= 11 is 1.48. The predicted molar refractivity (Wildman–Crippen MR) is 110 cm³/mol.